The lowest BCUT2D eigenvalue weighted by Crippen LogP contribution is -2.33. The second-order valence-corrected chi connectivity index (χ2v) is 5.62. The van der Waals surface area contributed by atoms with Gasteiger partial charge in [-0.05, 0) is 36.8 Å². The van der Waals surface area contributed by atoms with E-state index in [1.807, 2.05) is 12.5 Å². The van der Waals surface area contributed by atoms with Gasteiger partial charge in [0.2, 0.25) is 0 Å². The fourth-order valence-electron chi connectivity index (χ4n) is 3.32. The fraction of sp³-hybridized carbons (Fsp3) is 0.471. The zero-order valence-corrected chi connectivity index (χ0v) is 12.1. The number of nitrogens with one attached hydrogen (secondary N) is 1. The Labute approximate surface area is 121 Å². The van der Waals surface area contributed by atoms with Crippen molar-refractivity contribution >= 4 is 0 Å². The molecule has 1 heterocycles. The largest absolute Gasteiger partial charge is 0.333 e. The topological polar surface area (TPSA) is 29.9 Å². The first kappa shape index (κ1) is 13.4. The highest BCUT2D eigenvalue weighted by molar-refractivity contribution is 5.26. The van der Waals surface area contributed by atoms with Crippen molar-refractivity contribution in [1.82, 2.24) is 14.9 Å². The first-order valence-electron chi connectivity index (χ1n) is 7.66. The van der Waals surface area contributed by atoms with Crippen molar-refractivity contribution < 1.29 is 0 Å². The quantitative estimate of drug-likeness (QED) is 0.902. The van der Waals surface area contributed by atoms with Crippen molar-refractivity contribution in [1.29, 1.82) is 0 Å². The minimum absolute atomic E-state index is 0.561. The summed E-state index contributed by atoms with van der Waals surface area (Å²) in [6, 6.07) is 9.87. The molecular weight excluding hydrogens is 246 g/mol. The van der Waals surface area contributed by atoms with E-state index in [-0.39, 0.29) is 0 Å². The predicted octanol–water partition coefficient (Wildman–Crippen LogP) is 3.33. The molecule has 1 aliphatic rings. The third-order valence-electron chi connectivity index (χ3n) is 4.44. The van der Waals surface area contributed by atoms with Crippen molar-refractivity contribution in [3.8, 4) is 0 Å². The summed E-state index contributed by atoms with van der Waals surface area (Å²) in [4.78, 5) is 4.18. The lowest BCUT2D eigenvalue weighted by Gasteiger charge is -2.23. The smallest absolute Gasteiger partial charge is 0.0949 e. The summed E-state index contributed by atoms with van der Waals surface area (Å²) in [5.41, 5.74) is 2.89. The zero-order valence-electron chi connectivity index (χ0n) is 12.1. The number of nitrogens with zero attached hydrogens (tertiary/aromatic N) is 2. The van der Waals surface area contributed by atoms with Crippen LogP contribution in [0.3, 0.4) is 0 Å². The van der Waals surface area contributed by atoms with Crippen LogP contribution in [-0.2, 0) is 13.0 Å². The summed E-state index contributed by atoms with van der Waals surface area (Å²) < 4.78 is 2.26. The van der Waals surface area contributed by atoms with Crippen LogP contribution in [0.15, 0.2) is 43.0 Å². The lowest BCUT2D eigenvalue weighted by molar-refractivity contribution is 0.390. The molecule has 1 N–H and O–H groups in total. The van der Waals surface area contributed by atoms with E-state index in [0.717, 1.165) is 13.0 Å². The van der Waals surface area contributed by atoms with Crippen LogP contribution in [0, 0.1) is 0 Å². The summed E-state index contributed by atoms with van der Waals surface area (Å²) in [7, 11) is 0. The van der Waals surface area contributed by atoms with Gasteiger partial charge in [-0.2, -0.15) is 0 Å². The Morgan fingerprint density at radius 1 is 1.25 bits per heavy atom. The Morgan fingerprint density at radius 2 is 2.10 bits per heavy atom. The van der Waals surface area contributed by atoms with Gasteiger partial charge in [0.25, 0.3) is 0 Å². The monoisotopic (exact) mass is 269 g/mol. The molecule has 106 valence electrons. The molecule has 2 unspecified atom stereocenters. The number of rotatable bonds is 5. The standard InChI is InChI=1S/C17H23N3/c1-2-14-6-3-4-7-15(14)12-19-16-8-5-9-17(16)20-11-10-18-13-20/h3-4,6-7,10-11,13,16-17,19H,2,5,8-9,12H2,1H3. The Morgan fingerprint density at radius 3 is 2.85 bits per heavy atom. The van der Waals surface area contributed by atoms with Crippen LogP contribution in [0.1, 0.15) is 43.4 Å². The molecule has 1 saturated carbocycles. The predicted molar refractivity (Wildman–Crippen MR) is 81.6 cm³/mol. The molecule has 1 fully saturated rings. The number of aromatic nitrogens is 2. The van der Waals surface area contributed by atoms with Crippen LogP contribution in [-0.4, -0.2) is 15.6 Å². The summed E-state index contributed by atoms with van der Waals surface area (Å²) in [6.07, 6.45) is 10.8. The van der Waals surface area contributed by atoms with E-state index in [1.54, 1.807) is 0 Å². The molecule has 3 rings (SSSR count). The maximum Gasteiger partial charge on any atom is 0.0949 e. The Hall–Kier alpha value is -1.61. The first-order chi connectivity index (χ1) is 9.88. The van der Waals surface area contributed by atoms with E-state index in [1.165, 1.54) is 30.4 Å². The minimum Gasteiger partial charge on any atom is -0.333 e. The van der Waals surface area contributed by atoms with Gasteiger partial charge in [-0.15, -0.1) is 0 Å². The van der Waals surface area contributed by atoms with Gasteiger partial charge >= 0.3 is 0 Å². The molecule has 0 radical (unpaired) electrons. The van der Waals surface area contributed by atoms with Crippen molar-refractivity contribution in [2.45, 2.75) is 51.2 Å². The third kappa shape index (κ3) is 2.78. The van der Waals surface area contributed by atoms with Gasteiger partial charge in [-0.25, -0.2) is 4.98 Å². The van der Waals surface area contributed by atoms with Crippen molar-refractivity contribution in [2.75, 3.05) is 0 Å². The highest BCUT2D eigenvalue weighted by Gasteiger charge is 2.27. The van der Waals surface area contributed by atoms with E-state index >= 15 is 0 Å². The number of benzene rings is 1. The number of aryl methyl sites for hydroxylation is 1. The average Bonchev–Trinajstić information content (AvgIpc) is 3.15. The van der Waals surface area contributed by atoms with Crippen LogP contribution in [0.25, 0.3) is 0 Å². The maximum atomic E-state index is 4.18. The number of hydrogen-bond acceptors (Lipinski definition) is 2. The summed E-state index contributed by atoms with van der Waals surface area (Å²) in [5.74, 6) is 0. The maximum absolute atomic E-state index is 4.18. The molecule has 2 aromatic rings. The van der Waals surface area contributed by atoms with E-state index in [4.69, 9.17) is 0 Å². The van der Waals surface area contributed by atoms with Gasteiger partial charge in [0, 0.05) is 31.0 Å². The lowest BCUT2D eigenvalue weighted by atomic mass is 10.0. The molecule has 1 aromatic heterocycles. The highest BCUT2D eigenvalue weighted by atomic mass is 15.1. The van der Waals surface area contributed by atoms with Crippen LogP contribution < -0.4 is 5.32 Å². The van der Waals surface area contributed by atoms with Gasteiger partial charge in [0.15, 0.2) is 0 Å². The summed E-state index contributed by atoms with van der Waals surface area (Å²) in [6.45, 7) is 3.20. The second-order valence-electron chi connectivity index (χ2n) is 5.62. The van der Waals surface area contributed by atoms with Gasteiger partial charge in [0.1, 0.15) is 0 Å². The van der Waals surface area contributed by atoms with Crippen LogP contribution >= 0.6 is 0 Å². The second kappa shape index (κ2) is 6.23. The van der Waals surface area contributed by atoms with Gasteiger partial charge in [-0.3, -0.25) is 0 Å². The normalized spacial score (nSPS) is 22.2. The van der Waals surface area contributed by atoms with E-state index in [9.17, 15) is 0 Å². The molecule has 0 amide bonds. The Bertz CT molecular complexity index is 533. The zero-order chi connectivity index (χ0) is 13.8. The fourth-order valence-corrected chi connectivity index (χ4v) is 3.32. The Kier molecular flexibility index (Phi) is 4.16. The molecule has 1 aliphatic carbocycles. The van der Waals surface area contributed by atoms with Crippen LogP contribution in [0.5, 0.6) is 0 Å². The highest BCUT2D eigenvalue weighted by Crippen LogP contribution is 2.30. The van der Waals surface area contributed by atoms with E-state index in [2.05, 4.69) is 52.3 Å². The van der Waals surface area contributed by atoms with Crippen LogP contribution in [0.4, 0.5) is 0 Å². The molecule has 3 heteroatoms. The summed E-state index contributed by atoms with van der Waals surface area (Å²) >= 11 is 0. The molecule has 1 aromatic carbocycles. The molecule has 20 heavy (non-hydrogen) atoms. The molecule has 0 spiro atoms. The average molecular weight is 269 g/mol. The van der Waals surface area contributed by atoms with Gasteiger partial charge < -0.3 is 9.88 Å². The van der Waals surface area contributed by atoms with Crippen molar-refractivity contribution in [2.24, 2.45) is 0 Å². The SMILES string of the molecule is CCc1ccccc1CNC1CCCC1n1ccnc1. The molecular formula is C17H23N3. The molecule has 3 nitrogen and oxygen atoms in total. The Balaban J connectivity index is 1.65. The number of imidazole rings is 1. The van der Waals surface area contributed by atoms with E-state index in [0.29, 0.717) is 12.1 Å². The molecule has 0 bridgehead atoms. The molecule has 0 aliphatic heterocycles. The minimum atomic E-state index is 0.561. The third-order valence-corrected chi connectivity index (χ3v) is 4.44. The summed E-state index contributed by atoms with van der Waals surface area (Å²) in [5, 5.41) is 3.76. The van der Waals surface area contributed by atoms with Crippen molar-refractivity contribution in [3.05, 3.63) is 54.1 Å². The first-order valence-corrected chi connectivity index (χ1v) is 7.66. The molecule has 2 atom stereocenters. The van der Waals surface area contributed by atoms with Crippen molar-refractivity contribution in [3.63, 3.8) is 0 Å². The number of hydrogen-bond donors (Lipinski definition) is 1. The van der Waals surface area contributed by atoms with Crippen LogP contribution in [0.2, 0.25) is 0 Å². The molecule has 0 saturated heterocycles. The van der Waals surface area contributed by atoms with Gasteiger partial charge in [-0.1, -0.05) is 31.2 Å². The van der Waals surface area contributed by atoms with Gasteiger partial charge in [0.05, 0.1) is 6.33 Å². The van der Waals surface area contributed by atoms with E-state index < -0.39 is 0 Å².